The van der Waals surface area contributed by atoms with Gasteiger partial charge < -0.3 is 15.4 Å². The Bertz CT molecular complexity index is 558. The van der Waals surface area contributed by atoms with Crippen LogP contribution in [-0.4, -0.2) is 29.2 Å². The van der Waals surface area contributed by atoms with Crippen molar-refractivity contribution in [2.45, 2.75) is 51.3 Å². The largest absolute Gasteiger partial charge is 0.444 e. The second kappa shape index (κ2) is 6.20. The molecule has 0 aliphatic carbocycles. The summed E-state index contributed by atoms with van der Waals surface area (Å²) in [6.45, 7) is 5.84. The van der Waals surface area contributed by atoms with E-state index in [0.29, 0.717) is 13.0 Å². The van der Waals surface area contributed by atoms with Crippen LogP contribution in [0.15, 0.2) is 18.2 Å². The Hall–Kier alpha value is -1.69. The number of halogens is 2. The number of ether oxygens (including phenoxy) is 1. The summed E-state index contributed by atoms with van der Waals surface area (Å²) in [7, 11) is 0. The molecule has 2 atom stereocenters. The van der Waals surface area contributed by atoms with Crippen molar-refractivity contribution in [3.05, 3.63) is 35.4 Å². The molecular weight excluding hydrogens is 290 g/mol. The average molecular weight is 312 g/mol. The van der Waals surface area contributed by atoms with E-state index in [2.05, 4.69) is 0 Å². The molecule has 0 bridgehead atoms. The highest BCUT2D eigenvalue weighted by molar-refractivity contribution is 5.69. The van der Waals surface area contributed by atoms with Crippen LogP contribution in [-0.2, 0) is 4.74 Å². The third-order valence-electron chi connectivity index (χ3n) is 3.66. The Labute approximate surface area is 129 Å². The average Bonchev–Trinajstić information content (AvgIpc) is 2.88. The molecule has 2 N–H and O–H groups in total. The molecule has 2 unspecified atom stereocenters. The minimum Gasteiger partial charge on any atom is -0.444 e. The maximum Gasteiger partial charge on any atom is 0.410 e. The predicted octanol–water partition coefficient (Wildman–Crippen LogP) is 3.36. The molecule has 1 heterocycles. The van der Waals surface area contributed by atoms with E-state index in [1.165, 1.54) is 4.90 Å². The van der Waals surface area contributed by atoms with E-state index < -0.39 is 35.4 Å². The van der Waals surface area contributed by atoms with Gasteiger partial charge in [-0.05, 0) is 51.8 Å². The molecule has 0 aromatic heterocycles. The second-order valence-corrected chi connectivity index (χ2v) is 6.57. The lowest BCUT2D eigenvalue weighted by atomic mass is 9.97. The molecule has 122 valence electrons. The standard InChI is InChI=1S/C16H22F2N2O2/c1-16(2,3)22-15(21)20-8-4-5-13(20)14(19)11-9-10(17)6-7-12(11)18/h6-7,9,13-14H,4-5,8,19H2,1-3H3. The Morgan fingerprint density at radius 3 is 2.73 bits per heavy atom. The zero-order valence-electron chi connectivity index (χ0n) is 13.1. The molecule has 1 aliphatic rings. The lowest BCUT2D eigenvalue weighted by Gasteiger charge is -2.31. The van der Waals surface area contributed by atoms with E-state index >= 15 is 0 Å². The molecule has 0 spiro atoms. The molecule has 1 fully saturated rings. The summed E-state index contributed by atoms with van der Waals surface area (Å²) in [5, 5.41) is 0. The van der Waals surface area contributed by atoms with Gasteiger partial charge in [-0.15, -0.1) is 0 Å². The zero-order chi connectivity index (χ0) is 16.5. The number of benzene rings is 1. The highest BCUT2D eigenvalue weighted by Gasteiger charge is 2.37. The van der Waals surface area contributed by atoms with Crippen LogP contribution in [0.25, 0.3) is 0 Å². The first-order chi connectivity index (χ1) is 10.2. The first-order valence-electron chi connectivity index (χ1n) is 7.39. The number of hydrogen-bond acceptors (Lipinski definition) is 3. The monoisotopic (exact) mass is 312 g/mol. The maximum atomic E-state index is 13.9. The van der Waals surface area contributed by atoms with Crippen molar-refractivity contribution in [3.8, 4) is 0 Å². The Balaban J connectivity index is 2.19. The molecule has 1 aliphatic heterocycles. The minimum absolute atomic E-state index is 0.0838. The smallest absolute Gasteiger partial charge is 0.410 e. The summed E-state index contributed by atoms with van der Waals surface area (Å²) >= 11 is 0. The number of nitrogens with two attached hydrogens (primary N) is 1. The van der Waals surface area contributed by atoms with Gasteiger partial charge in [0.05, 0.1) is 12.1 Å². The van der Waals surface area contributed by atoms with Gasteiger partial charge in [-0.1, -0.05) is 0 Å². The summed E-state index contributed by atoms with van der Waals surface area (Å²) in [5.41, 5.74) is 5.58. The molecule has 1 saturated heterocycles. The minimum atomic E-state index is -0.786. The van der Waals surface area contributed by atoms with Gasteiger partial charge in [-0.25, -0.2) is 13.6 Å². The summed E-state index contributed by atoms with van der Waals surface area (Å²) in [6.07, 6.45) is 0.924. The second-order valence-electron chi connectivity index (χ2n) is 6.57. The van der Waals surface area contributed by atoms with Gasteiger partial charge in [-0.3, -0.25) is 0 Å². The van der Waals surface area contributed by atoms with Crippen LogP contribution < -0.4 is 5.73 Å². The summed E-state index contributed by atoms with van der Waals surface area (Å²) in [6, 6.07) is 2.01. The van der Waals surface area contributed by atoms with E-state index in [1.807, 2.05) is 0 Å². The first-order valence-corrected chi connectivity index (χ1v) is 7.39. The first kappa shape index (κ1) is 16.7. The van der Waals surface area contributed by atoms with Crippen molar-refractivity contribution < 1.29 is 18.3 Å². The molecule has 22 heavy (non-hydrogen) atoms. The van der Waals surface area contributed by atoms with E-state index in [1.54, 1.807) is 20.8 Å². The van der Waals surface area contributed by atoms with Crippen LogP contribution >= 0.6 is 0 Å². The molecule has 0 saturated carbocycles. The van der Waals surface area contributed by atoms with Crippen molar-refractivity contribution >= 4 is 6.09 Å². The number of amides is 1. The fraction of sp³-hybridized carbons (Fsp3) is 0.562. The van der Waals surface area contributed by atoms with Crippen LogP contribution in [0, 0.1) is 11.6 Å². The SMILES string of the molecule is CC(C)(C)OC(=O)N1CCCC1C(N)c1cc(F)ccc1F. The van der Waals surface area contributed by atoms with Gasteiger partial charge in [0.15, 0.2) is 0 Å². The fourth-order valence-corrected chi connectivity index (χ4v) is 2.69. The number of rotatable bonds is 2. The topological polar surface area (TPSA) is 55.6 Å². The third kappa shape index (κ3) is 3.74. The number of hydrogen-bond donors (Lipinski definition) is 1. The Kier molecular flexibility index (Phi) is 4.70. The van der Waals surface area contributed by atoms with E-state index in [4.69, 9.17) is 10.5 Å². The Morgan fingerprint density at radius 1 is 1.41 bits per heavy atom. The zero-order valence-corrected chi connectivity index (χ0v) is 13.1. The van der Waals surface area contributed by atoms with Crippen molar-refractivity contribution in [1.82, 2.24) is 4.90 Å². The van der Waals surface area contributed by atoms with Crippen LogP contribution in [0.1, 0.15) is 45.2 Å². The lowest BCUT2D eigenvalue weighted by molar-refractivity contribution is 0.0205. The molecule has 1 aromatic rings. The number of nitrogens with zero attached hydrogens (tertiary/aromatic N) is 1. The van der Waals surface area contributed by atoms with Crippen molar-refractivity contribution in [1.29, 1.82) is 0 Å². The Morgan fingerprint density at radius 2 is 2.09 bits per heavy atom. The fourth-order valence-electron chi connectivity index (χ4n) is 2.69. The van der Waals surface area contributed by atoms with Gasteiger partial charge in [0, 0.05) is 12.1 Å². The van der Waals surface area contributed by atoms with Crippen molar-refractivity contribution in [2.75, 3.05) is 6.54 Å². The highest BCUT2D eigenvalue weighted by Crippen LogP contribution is 2.30. The normalized spacial score (nSPS) is 20.1. The van der Waals surface area contributed by atoms with Crippen LogP contribution in [0.2, 0.25) is 0 Å². The van der Waals surface area contributed by atoms with Gasteiger partial charge in [0.1, 0.15) is 17.2 Å². The third-order valence-corrected chi connectivity index (χ3v) is 3.66. The van der Waals surface area contributed by atoms with Gasteiger partial charge in [0.2, 0.25) is 0 Å². The van der Waals surface area contributed by atoms with Crippen LogP contribution in [0.3, 0.4) is 0 Å². The number of likely N-dealkylation sites (tertiary alicyclic amines) is 1. The van der Waals surface area contributed by atoms with E-state index in [9.17, 15) is 13.6 Å². The molecule has 4 nitrogen and oxygen atoms in total. The molecule has 0 radical (unpaired) electrons. The van der Waals surface area contributed by atoms with E-state index in [-0.39, 0.29) is 5.56 Å². The molecule has 1 amide bonds. The van der Waals surface area contributed by atoms with Gasteiger partial charge in [0.25, 0.3) is 0 Å². The van der Waals surface area contributed by atoms with Gasteiger partial charge in [-0.2, -0.15) is 0 Å². The van der Waals surface area contributed by atoms with E-state index in [0.717, 1.165) is 24.6 Å². The van der Waals surface area contributed by atoms with Crippen molar-refractivity contribution in [3.63, 3.8) is 0 Å². The number of carbonyl (C=O) groups excluding carboxylic acids is 1. The summed E-state index contributed by atoms with van der Waals surface area (Å²) < 4.78 is 32.6. The van der Waals surface area contributed by atoms with Crippen molar-refractivity contribution in [2.24, 2.45) is 5.73 Å². The van der Waals surface area contributed by atoms with Crippen LogP contribution in [0.4, 0.5) is 13.6 Å². The molecule has 6 heteroatoms. The predicted molar refractivity (Wildman–Crippen MR) is 79.2 cm³/mol. The molecule has 1 aromatic carbocycles. The number of carbonyl (C=O) groups is 1. The van der Waals surface area contributed by atoms with Gasteiger partial charge >= 0.3 is 6.09 Å². The maximum absolute atomic E-state index is 13.9. The lowest BCUT2D eigenvalue weighted by Crippen LogP contribution is -2.44. The molecular formula is C16H22F2N2O2. The quantitative estimate of drug-likeness (QED) is 0.911. The molecule has 2 rings (SSSR count). The summed E-state index contributed by atoms with van der Waals surface area (Å²) in [5.74, 6) is -1.11. The van der Waals surface area contributed by atoms with Crippen LogP contribution in [0.5, 0.6) is 0 Å². The highest BCUT2D eigenvalue weighted by atomic mass is 19.1. The summed E-state index contributed by atoms with van der Waals surface area (Å²) in [4.78, 5) is 13.8.